The summed E-state index contributed by atoms with van der Waals surface area (Å²) in [6.45, 7) is 5.93. The number of amides is 2. The number of aliphatic hydroxyl groups is 1. The first-order valence-corrected chi connectivity index (χ1v) is 13.6. The summed E-state index contributed by atoms with van der Waals surface area (Å²) in [4.78, 5) is 37.2. The molecule has 0 aliphatic carbocycles. The van der Waals surface area contributed by atoms with Crippen LogP contribution in [0, 0.1) is 0 Å². The van der Waals surface area contributed by atoms with E-state index in [0.717, 1.165) is 38.3 Å². The van der Waals surface area contributed by atoms with Crippen LogP contribution >= 0.6 is 0 Å². The van der Waals surface area contributed by atoms with Crippen LogP contribution in [-0.4, -0.2) is 105 Å². The molecule has 2 aromatic heterocycles. The Morgan fingerprint density at radius 2 is 2.12 bits per heavy atom. The fraction of sp³-hybridized carbons (Fsp3) is 0.500. The highest BCUT2D eigenvalue weighted by Crippen LogP contribution is 2.37. The molecule has 2 amide bonds. The number of piperazine rings is 1. The van der Waals surface area contributed by atoms with Crippen molar-refractivity contribution in [3.8, 4) is 0 Å². The van der Waals surface area contributed by atoms with Gasteiger partial charge in [0.2, 0.25) is 0 Å². The number of methoxy groups -OCH3 is 1. The van der Waals surface area contributed by atoms with Crippen molar-refractivity contribution in [2.45, 2.75) is 50.7 Å². The van der Waals surface area contributed by atoms with Crippen molar-refractivity contribution in [3.05, 3.63) is 53.5 Å². The molecule has 3 aliphatic rings. The Morgan fingerprint density at radius 3 is 2.90 bits per heavy atom. The normalized spacial score (nSPS) is 22.1. The van der Waals surface area contributed by atoms with Crippen LogP contribution in [0.2, 0.25) is 0 Å². The summed E-state index contributed by atoms with van der Waals surface area (Å²) in [5.74, 6) is -0.646. The Kier molecular flexibility index (Phi) is 6.71. The van der Waals surface area contributed by atoms with E-state index in [1.807, 2.05) is 12.1 Å². The van der Waals surface area contributed by atoms with Crippen molar-refractivity contribution in [3.63, 3.8) is 0 Å². The summed E-state index contributed by atoms with van der Waals surface area (Å²) in [5, 5.41) is 17.4. The number of anilines is 2. The number of nitrogens with one attached hydrogen (secondary N) is 1. The minimum atomic E-state index is -1.60. The van der Waals surface area contributed by atoms with Crippen LogP contribution in [-0.2, 0) is 11.3 Å². The lowest BCUT2D eigenvalue weighted by Gasteiger charge is -2.39. The minimum absolute atomic E-state index is 0.187. The lowest BCUT2D eigenvalue weighted by molar-refractivity contribution is -0.0159. The summed E-state index contributed by atoms with van der Waals surface area (Å²) in [6, 6.07) is 5.66. The van der Waals surface area contributed by atoms with Gasteiger partial charge in [-0.2, -0.15) is 5.10 Å². The van der Waals surface area contributed by atoms with E-state index in [0.29, 0.717) is 34.1 Å². The Bertz CT molecular complexity index is 1450. The van der Waals surface area contributed by atoms with Crippen molar-refractivity contribution in [2.24, 2.45) is 0 Å². The predicted molar refractivity (Wildman–Crippen MR) is 146 cm³/mol. The van der Waals surface area contributed by atoms with Gasteiger partial charge in [0.15, 0.2) is 5.65 Å². The summed E-state index contributed by atoms with van der Waals surface area (Å²) in [6.07, 6.45) is 4.31. The molecule has 0 unspecified atom stereocenters. The number of hydrogen-bond acceptors (Lipinski definition) is 8. The molecule has 40 heavy (non-hydrogen) atoms. The number of fused-ring (bicyclic) bond motifs is 3. The lowest BCUT2D eigenvalue weighted by Crippen LogP contribution is -2.50. The first-order chi connectivity index (χ1) is 19.1. The lowest BCUT2D eigenvalue weighted by atomic mass is 10.0. The van der Waals surface area contributed by atoms with Crippen LogP contribution in [0.3, 0.4) is 0 Å². The number of halogens is 1. The van der Waals surface area contributed by atoms with Gasteiger partial charge in [-0.1, -0.05) is 0 Å². The maximum absolute atomic E-state index is 14.7. The standard InChI is InChI=1S/C28H34FN7O4/c1-28(2,39)24(29)16-35-13-17-9-22(32-26(37)21-12-31-36-6-4-5-30-25(21)36)23(11-20(17)27(35)38)34-8-7-33-15-19(40-3)10-18(33)14-34/h4-6,9,11-12,18-19,24,39H,7-8,10,13-16H2,1-3H3,(H,32,37)/t18-,19-,24-/m1/s1. The van der Waals surface area contributed by atoms with Gasteiger partial charge in [-0.05, 0) is 44.0 Å². The molecule has 2 fully saturated rings. The van der Waals surface area contributed by atoms with E-state index >= 15 is 0 Å². The van der Waals surface area contributed by atoms with Gasteiger partial charge in [0, 0.05) is 63.8 Å². The number of benzene rings is 1. The fourth-order valence-electron chi connectivity index (χ4n) is 5.90. The Labute approximate surface area is 231 Å². The molecule has 3 atom stereocenters. The number of carbonyl (C=O) groups is 2. The van der Waals surface area contributed by atoms with Gasteiger partial charge in [0.05, 0.1) is 35.8 Å². The van der Waals surface area contributed by atoms with Gasteiger partial charge >= 0.3 is 0 Å². The zero-order valence-corrected chi connectivity index (χ0v) is 22.9. The zero-order chi connectivity index (χ0) is 28.2. The molecule has 11 nitrogen and oxygen atoms in total. The first-order valence-electron chi connectivity index (χ1n) is 13.6. The van der Waals surface area contributed by atoms with Crippen molar-refractivity contribution < 1.29 is 23.8 Å². The monoisotopic (exact) mass is 551 g/mol. The molecule has 2 saturated heterocycles. The average molecular weight is 552 g/mol. The molecule has 5 heterocycles. The molecule has 3 aromatic rings. The van der Waals surface area contributed by atoms with Crippen molar-refractivity contribution in [1.29, 1.82) is 0 Å². The van der Waals surface area contributed by atoms with E-state index in [-0.39, 0.29) is 31.0 Å². The number of alkyl halides is 1. The second kappa shape index (κ2) is 10.1. The average Bonchev–Trinajstić information content (AvgIpc) is 3.62. The highest BCUT2D eigenvalue weighted by Gasteiger charge is 2.39. The molecule has 212 valence electrons. The third-order valence-corrected chi connectivity index (χ3v) is 8.27. The van der Waals surface area contributed by atoms with Gasteiger partial charge in [0.25, 0.3) is 11.8 Å². The number of aromatic nitrogens is 3. The highest BCUT2D eigenvalue weighted by molar-refractivity contribution is 6.10. The zero-order valence-electron chi connectivity index (χ0n) is 22.9. The van der Waals surface area contributed by atoms with Gasteiger partial charge < -0.3 is 25.0 Å². The third kappa shape index (κ3) is 4.80. The van der Waals surface area contributed by atoms with E-state index in [1.165, 1.54) is 29.5 Å². The Balaban J connectivity index is 1.32. The molecular formula is C28H34FN7O4. The Morgan fingerprint density at radius 1 is 1.30 bits per heavy atom. The maximum Gasteiger partial charge on any atom is 0.261 e. The second-order valence-electron chi connectivity index (χ2n) is 11.4. The topological polar surface area (TPSA) is 116 Å². The molecule has 12 heteroatoms. The fourth-order valence-corrected chi connectivity index (χ4v) is 5.90. The van der Waals surface area contributed by atoms with E-state index in [2.05, 4.69) is 25.2 Å². The summed E-state index contributed by atoms with van der Waals surface area (Å²) in [5.41, 5.74) is 1.70. The van der Waals surface area contributed by atoms with Gasteiger partial charge in [-0.3, -0.25) is 14.5 Å². The van der Waals surface area contributed by atoms with E-state index in [4.69, 9.17) is 4.74 Å². The highest BCUT2D eigenvalue weighted by atomic mass is 19.1. The number of rotatable bonds is 7. The van der Waals surface area contributed by atoms with Crippen molar-refractivity contribution >= 4 is 28.8 Å². The minimum Gasteiger partial charge on any atom is -0.387 e. The van der Waals surface area contributed by atoms with E-state index < -0.39 is 11.8 Å². The summed E-state index contributed by atoms with van der Waals surface area (Å²) < 4.78 is 21.9. The first kappa shape index (κ1) is 26.6. The van der Waals surface area contributed by atoms with Gasteiger partial charge in [0.1, 0.15) is 11.7 Å². The molecule has 0 spiro atoms. The largest absolute Gasteiger partial charge is 0.387 e. The molecule has 2 N–H and O–H groups in total. The number of hydrogen-bond donors (Lipinski definition) is 2. The predicted octanol–water partition coefficient (Wildman–Crippen LogP) is 1.96. The SMILES string of the molecule is CO[C@@H]1C[C@@H]2CN(c3cc4c(cc3NC(=O)c3cnn5cccnc35)CN(C[C@@H](F)C(C)(C)O)C4=O)CCN2C1. The summed E-state index contributed by atoms with van der Waals surface area (Å²) in [7, 11) is 1.74. The molecule has 3 aliphatic heterocycles. The van der Waals surface area contributed by atoms with Crippen molar-refractivity contribution in [2.75, 3.05) is 50.1 Å². The number of nitrogens with zero attached hydrogens (tertiary/aromatic N) is 6. The molecular weight excluding hydrogens is 517 g/mol. The van der Waals surface area contributed by atoms with Crippen molar-refractivity contribution in [1.82, 2.24) is 24.4 Å². The third-order valence-electron chi connectivity index (χ3n) is 8.27. The molecule has 0 bridgehead atoms. The second-order valence-corrected chi connectivity index (χ2v) is 11.4. The Hall–Kier alpha value is -3.61. The number of carbonyl (C=O) groups excluding carboxylic acids is 2. The van der Waals surface area contributed by atoms with Crippen LogP contribution in [0.15, 0.2) is 36.8 Å². The smallest absolute Gasteiger partial charge is 0.261 e. The van der Waals surface area contributed by atoms with E-state index in [1.54, 1.807) is 25.6 Å². The van der Waals surface area contributed by atoms with Gasteiger partial charge in [-0.25, -0.2) is 13.9 Å². The van der Waals surface area contributed by atoms with Crippen LogP contribution in [0.4, 0.5) is 15.8 Å². The molecule has 0 saturated carbocycles. The quantitative estimate of drug-likeness (QED) is 0.458. The van der Waals surface area contributed by atoms with Crippen LogP contribution in [0.5, 0.6) is 0 Å². The van der Waals surface area contributed by atoms with Crippen LogP contribution in [0.1, 0.15) is 46.5 Å². The maximum atomic E-state index is 14.7. The van der Waals surface area contributed by atoms with E-state index in [9.17, 15) is 19.1 Å². The molecule has 6 rings (SSSR count). The number of ether oxygens (including phenoxy) is 1. The van der Waals surface area contributed by atoms with Gasteiger partial charge in [-0.15, -0.1) is 0 Å². The molecule has 0 radical (unpaired) electrons. The molecule has 1 aromatic carbocycles. The summed E-state index contributed by atoms with van der Waals surface area (Å²) >= 11 is 0. The van der Waals surface area contributed by atoms with Crippen LogP contribution in [0.25, 0.3) is 5.65 Å². The van der Waals surface area contributed by atoms with Crippen LogP contribution < -0.4 is 10.2 Å².